The van der Waals surface area contributed by atoms with Gasteiger partial charge in [0, 0.05) is 12.3 Å². The molecule has 2 aromatic carbocycles. The molecule has 3 rings (SSSR count). The van der Waals surface area contributed by atoms with Crippen molar-refractivity contribution < 1.29 is 14.3 Å². The van der Waals surface area contributed by atoms with Crippen LogP contribution in [0.2, 0.25) is 0 Å². The lowest BCUT2D eigenvalue weighted by Crippen LogP contribution is -2.41. The number of nitrogens with zero attached hydrogens (tertiary/aromatic N) is 2. The van der Waals surface area contributed by atoms with E-state index in [9.17, 15) is 14.4 Å². The molecule has 0 spiro atoms. The Bertz CT molecular complexity index is 1040. The average molecular weight is 366 g/mol. The van der Waals surface area contributed by atoms with Crippen LogP contribution in [0, 0.1) is 0 Å². The first-order chi connectivity index (χ1) is 13.1. The zero-order valence-corrected chi connectivity index (χ0v) is 14.7. The fourth-order valence-corrected chi connectivity index (χ4v) is 2.54. The summed E-state index contributed by atoms with van der Waals surface area (Å²) in [6, 6.07) is 17.0. The summed E-state index contributed by atoms with van der Waals surface area (Å²) < 4.78 is 12.4. The Kier molecular flexibility index (Phi) is 5.51. The SMILES string of the molecule is COc1ccc(OC(=O)Cn2c(=O)ccn(Cc3ccccc3)c2=O)cc1. The summed E-state index contributed by atoms with van der Waals surface area (Å²) in [6.07, 6.45) is 1.42. The van der Waals surface area contributed by atoms with Crippen LogP contribution in [-0.2, 0) is 17.9 Å². The zero-order chi connectivity index (χ0) is 19.2. The van der Waals surface area contributed by atoms with Crippen LogP contribution in [0.25, 0.3) is 0 Å². The van der Waals surface area contributed by atoms with Crippen molar-refractivity contribution >= 4 is 5.97 Å². The van der Waals surface area contributed by atoms with Crippen LogP contribution in [0.15, 0.2) is 76.4 Å². The smallest absolute Gasteiger partial charge is 0.331 e. The van der Waals surface area contributed by atoms with E-state index in [0.29, 0.717) is 18.0 Å². The largest absolute Gasteiger partial charge is 0.497 e. The first kappa shape index (κ1) is 18.2. The van der Waals surface area contributed by atoms with Crippen molar-refractivity contribution in [1.82, 2.24) is 9.13 Å². The van der Waals surface area contributed by atoms with Crippen molar-refractivity contribution in [2.45, 2.75) is 13.1 Å². The van der Waals surface area contributed by atoms with Crippen molar-refractivity contribution in [3.8, 4) is 11.5 Å². The first-order valence-electron chi connectivity index (χ1n) is 8.26. The number of benzene rings is 2. The van der Waals surface area contributed by atoms with Gasteiger partial charge in [0.1, 0.15) is 18.0 Å². The van der Waals surface area contributed by atoms with E-state index in [-0.39, 0.29) is 0 Å². The normalized spacial score (nSPS) is 10.4. The molecule has 1 heterocycles. The van der Waals surface area contributed by atoms with Crippen LogP contribution < -0.4 is 20.7 Å². The molecule has 7 heteroatoms. The van der Waals surface area contributed by atoms with Crippen molar-refractivity contribution in [2.75, 3.05) is 7.11 Å². The van der Waals surface area contributed by atoms with E-state index < -0.39 is 23.8 Å². The standard InChI is InChI=1S/C20H18N2O5/c1-26-16-7-9-17(10-8-16)27-19(24)14-22-18(23)11-12-21(20(22)25)13-15-5-3-2-4-6-15/h2-12H,13-14H2,1H3. The second-order valence-electron chi connectivity index (χ2n) is 5.79. The van der Waals surface area contributed by atoms with Gasteiger partial charge in [0.05, 0.1) is 13.7 Å². The third-order valence-corrected chi connectivity index (χ3v) is 3.91. The first-order valence-corrected chi connectivity index (χ1v) is 8.26. The quantitative estimate of drug-likeness (QED) is 0.490. The Morgan fingerprint density at radius 3 is 2.26 bits per heavy atom. The molecule has 0 N–H and O–H groups in total. The summed E-state index contributed by atoms with van der Waals surface area (Å²) in [6.45, 7) is -0.174. The van der Waals surface area contributed by atoms with Gasteiger partial charge in [-0.25, -0.2) is 14.2 Å². The van der Waals surface area contributed by atoms with Crippen LogP contribution in [0.3, 0.4) is 0 Å². The molecule has 0 saturated carbocycles. The topological polar surface area (TPSA) is 79.5 Å². The number of methoxy groups -OCH3 is 1. The predicted octanol–water partition coefficient (Wildman–Crippen LogP) is 1.67. The number of hydrogen-bond donors (Lipinski definition) is 0. The fraction of sp³-hybridized carbons (Fsp3) is 0.150. The van der Waals surface area contributed by atoms with E-state index in [2.05, 4.69) is 0 Å². The monoisotopic (exact) mass is 366 g/mol. The summed E-state index contributed by atoms with van der Waals surface area (Å²) in [7, 11) is 1.53. The van der Waals surface area contributed by atoms with Gasteiger partial charge in [-0.3, -0.25) is 9.36 Å². The average Bonchev–Trinajstić information content (AvgIpc) is 2.69. The number of esters is 1. The lowest BCUT2D eigenvalue weighted by Gasteiger charge is -2.10. The van der Waals surface area contributed by atoms with Crippen molar-refractivity contribution in [3.05, 3.63) is 93.3 Å². The summed E-state index contributed by atoms with van der Waals surface area (Å²) in [5.41, 5.74) is -0.223. The highest BCUT2D eigenvalue weighted by Gasteiger charge is 2.12. The van der Waals surface area contributed by atoms with Crippen LogP contribution in [0.4, 0.5) is 0 Å². The van der Waals surface area contributed by atoms with Crippen molar-refractivity contribution in [3.63, 3.8) is 0 Å². The Labute approximate surface area is 155 Å². The van der Waals surface area contributed by atoms with Crippen LogP contribution in [0.1, 0.15) is 5.56 Å². The van der Waals surface area contributed by atoms with Crippen LogP contribution >= 0.6 is 0 Å². The lowest BCUT2D eigenvalue weighted by molar-refractivity contribution is -0.135. The lowest BCUT2D eigenvalue weighted by atomic mass is 10.2. The molecule has 0 amide bonds. The molecule has 0 aliphatic rings. The zero-order valence-electron chi connectivity index (χ0n) is 14.7. The van der Waals surface area contributed by atoms with Gasteiger partial charge in [-0.1, -0.05) is 30.3 Å². The fourth-order valence-electron chi connectivity index (χ4n) is 2.54. The molecule has 0 unspecified atom stereocenters. The van der Waals surface area contributed by atoms with Crippen LogP contribution in [0.5, 0.6) is 11.5 Å². The number of ether oxygens (including phenoxy) is 2. The molecule has 7 nitrogen and oxygen atoms in total. The third-order valence-electron chi connectivity index (χ3n) is 3.91. The van der Waals surface area contributed by atoms with Gasteiger partial charge < -0.3 is 9.47 Å². The van der Waals surface area contributed by atoms with E-state index in [4.69, 9.17) is 9.47 Å². The second kappa shape index (κ2) is 8.18. The highest BCUT2D eigenvalue weighted by molar-refractivity contribution is 5.72. The second-order valence-corrected chi connectivity index (χ2v) is 5.79. The Hall–Kier alpha value is -3.61. The molecular weight excluding hydrogens is 348 g/mol. The predicted molar refractivity (Wildman–Crippen MR) is 99.1 cm³/mol. The van der Waals surface area contributed by atoms with Crippen molar-refractivity contribution in [2.24, 2.45) is 0 Å². The van der Waals surface area contributed by atoms with E-state index in [0.717, 1.165) is 10.1 Å². The molecule has 3 aromatic rings. The molecule has 0 radical (unpaired) electrons. The van der Waals surface area contributed by atoms with Gasteiger partial charge in [-0.15, -0.1) is 0 Å². The highest BCUT2D eigenvalue weighted by atomic mass is 16.5. The molecule has 0 aliphatic carbocycles. The molecule has 0 bridgehead atoms. The summed E-state index contributed by atoms with van der Waals surface area (Å²) in [5, 5.41) is 0. The Morgan fingerprint density at radius 2 is 1.59 bits per heavy atom. The Balaban J connectivity index is 1.77. The van der Waals surface area contributed by atoms with Gasteiger partial charge in [-0.2, -0.15) is 0 Å². The van der Waals surface area contributed by atoms with Gasteiger partial charge in [0.2, 0.25) is 0 Å². The molecule has 0 aliphatic heterocycles. The molecule has 1 aromatic heterocycles. The number of carbonyl (C=O) groups excluding carboxylic acids is 1. The summed E-state index contributed by atoms with van der Waals surface area (Å²) in [4.78, 5) is 36.8. The minimum Gasteiger partial charge on any atom is -0.497 e. The number of rotatable bonds is 6. The van der Waals surface area contributed by atoms with Crippen LogP contribution in [-0.4, -0.2) is 22.2 Å². The number of carbonyl (C=O) groups is 1. The van der Waals surface area contributed by atoms with E-state index in [1.54, 1.807) is 24.3 Å². The van der Waals surface area contributed by atoms with Crippen molar-refractivity contribution in [1.29, 1.82) is 0 Å². The summed E-state index contributed by atoms with van der Waals surface area (Å²) >= 11 is 0. The van der Waals surface area contributed by atoms with Gasteiger partial charge in [0.25, 0.3) is 5.56 Å². The molecule has 138 valence electrons. The Morgan fingerprint density at radius 1 is 0.926 bits per heavy atom. The minimum absolute atomic E-state index is 0.299. The van der Waals surface area contributed by atoms with E-state index in [1.165, 1.54) is 23.9 Å². The number of hydrogen-bond acceptors (Lipinski definition) is 5. The molecule has 0 fully saturated rings. The molecule has 0 atom stereocenters. The van der Waals surface area contributed by atoms with E-state index >= 15 is 0 Å². The minimum atomic E-state index is -0.711. The molecular formula is C20H18N2O5. The highest BCUT2D eigenvalue weighted by Crippen LogP contribution is 2.17. The molecule has 0 saturated heterocycles. The van der Waals surface area contributed by atoms with Gasteiger partial charge in [0.15, 0.2) is 0 Å². The maximum Gasteiger partial charge on any atom is 0.331 e. The maximum absolute atomic E-state index is 12.6. The third kappa shape index (κ3) is 4.52. The molecule has 27 heavy (non-hydrogen) atoms. The maximum atomic E-state index is 12.6. The van der Waals surface area contributed by atoms with Gasteiger partial charge >= 0.3 is 11.7 Å². The van der Waals surface area contributed by atoms with E-state index in [1.807, 2.05) is 30.3 Å². The van der Waals surface area contributed by atoms with Gasteiger partial charge in [-0.05, 0) is 29.8 Å². The summed E-state index contributed by atoms with van der Waals surface area (Å²) in [5.74, 6) is 0.212. The number of aromatic nitrogens is 2.